The number of aromatic amines is 1. The second-order valence-electron chi connectivity index (χ2n) is 9.36. The van der Waals surface area contributed by atoms with E-state index in [4.69, 9.17) is 0 Å². The molecule has 0 radical (unpaired) electrons. The maximum Gasteiger partial charge on any atom is 0.323 e. The van der Waals surface area contributed by atoms with Crippen LogP contribution >= 0.6 is 0 Å². The van der Waals surface area contributed by atoms with Crippen molar-refractivity contribution >= 4 is 34.3 Å². The van der Waals surface area contributed by atoms with Gasteiger partial charge in [-0.05, 0) is 41.8 Å². The molecule has 1 unspecified atom stereocenters. The van der Waals surface area contributed by atoms with Crippen LogP contribution in [0.2, 0.25) is 0 Å². The third-order valence-corrected chi connectivity index (χ3v) is 6.28. The lowest BCUT2D eigenvalue weighted by Gasteiger charge is -2.43. The average molecular weight is 470 g/mol. The number of fused-ring (bicyclic) bond motifs is 1. The molecule has 2 aromatic heterocycles. The van der Waals surface area contributed by atoms with Gasteiger partial charge in [0.15, 0.2) is 0 Å². The van der Waals surface area contributed by atoms with E-state index >= 15 is 0 Å². The molecule has 3 N–H and O–H groups in total. The Hall–Kier alpha value is -3.91. The van der Waals surface area contributed by atoms with Crippen LogP contribution in [0.15, 0.2) is 73.2 Å². The van der Waals surface area contributed by atoms with E-state index in [-0.39, 0.29) is 12.1 Å². The summed E-state index contributed by atoms with van der Waals surface area (Å²) in [6.45, 7) is 8.16. The van der Waals surface area contributed by atoms with Crippen LogP contribution in [0.4, 0.5) is 22.0 Å². The molecule has 35 heavy (non-hydrogen) atoms. The molecule has 1 aliphatic rings. The fraction of sp³-hybridized carbons (Fsp3) is 0.296. The van der Waals surface area contributed by atoms with Gasteiger partial charge in [0.05, 0.1) is 11.4 Å². The lowest BCUT2D eigenvalue weighted by atomic mass is 10.00. The highest BCUT2D eigenvalue weighted by molar-refractivity contribution is 5.99. The maximum atomic E-state index is 12.6. The minimum absolute atomic E-state index is 0.175. The molecular formula is C27H31N7O. The van der Waals surface area contributed by atoms with Gasteiger partial charge < -0.3 is 20.5 Å². The first-order valence-corrected chi connectivity index (χ1v) is 12.1. The Morgan fingerprint density at radius 2 is 1.83 bits per heavy atom. The highest BCUT2D eigenvalue weighted by Crippen LogP contribution is 2.32. The fourth-order valence-corrected chi connectivity index (χ4v) is 4.77. The predicted octanol–water partition coefficient (Wildman–Crippen LogP) is 5.12. The van der Waals surface area contributed by atoms with Crippen molar-refractivity contribution < 1.29 is 4.79 Å². The second kappa shape index (κ2) is 10.1. The number of rotatable bonds is 6. The molecule has 0 saturated carbocycles. The zero-order chi connectivity index (χ0) is 24.2. The van der Waals surface area contributed by atoms with Gasteiger partial charge in [0.25, 0.3) is 0 Å². The van der Waals surface area contributed by atoms with Crippen LogP contribution in [-0.2, 0) is 0 Å². The molecule has 0 bridgehead atoms. The summed E-state index contributed by atoms with van der Waals surface area (Å²) in [6.07, 6.45) is 3.53. The highest BCUT2D eigenvalue weighted by atomic mass is 16.2. The number of hydrogen-bond donors (Lipinski definition) is 3. The van der Waals surface area contributed by atoms with Gasteiger partial charge in [0.2, 0.25) is 0 Å². The Bertz CT molecular complexity index is 1290. The van der Waals surface area contributed by atoms with Crippen molar-refractivity contribution in [1.82, 2.24) is 19.9 Å². The van der Waals surface area contributed by atoms with E-state index in [1.165, 1.54) is 5.56 Å². The molecule has 5 rings (SSSR count). The molecule has 1 fully saturated rings. The number of carbonyl (C=O) groups excluding carboxylic acids is 1. The SMILES string of the molecule is CC(C)CN1CCN(c2ncnc3[nH]ccc23)CC1c1cccc(NC(=O)Nc2ccccc2)c1. The number of piperazine rings is 1. The first-order chi connectivity index (χ1) is 17.1. The van der Waals surface area contributed by atoms with Gasteiger partial charge in [-0.25, -0.2) is 14.8 Å². The number of urea groups is 1. The van der Waals surface area contributed by atoms with Gasteiger partial charge >= 0.3 is 6.03 Å². The van der Waals surface area contributed by atoms with E-state index in [0.29, 0.717) is 5.92 Å². The van der Waals surface area contributed by atoms with Crippen LogP contribution in [0.5, 0.6) is 0 Å². The summed E-state index contributed by atoms with van der Waals surface area (Å²) in [5.41, 5.74) is 3.56. The summed E-state index contributed by atoms with van der Waals surface area (Å²) in [5.74, 6) is 1.51. The topological polar surface area (TPSA) is 89.2 Å². The lowest BCUT2D eigenvalue weighted by molar-refractivity contribution is 0.158. The molecule has 1 aliphatic heterocycles. The van der Waals surface area contributed by atoms with Crippen LogP contribution in [0.1, 0.15) is 25.5 Å². The van der Waals surface area contributed by atoms with Gasteiger partial charge in [0, 0.05) is 43.8 Å². The van der Waals surface area contributed by atoms with E-state index in [1.54, 1.807) is 6.33 Å². The second-order valence-corrected chi connectivity index (χ2v) is 9.36. The first-order valence-electron chi connectivity index (χ1n) is 12.1. The van der Waals surface area contributed by atoms with Crippen molar-refractivity contribution in [2.24, 2.45) is 5.92 Å². The summed E-state index contributed by atoms with van der Waals surface area (Å²) in [6, 6.07) is 19.6. The normalized spacial score (nSPS) is 16.5. The summed E-state index contributed by atoms with van der Waals surface area (Å²) < 4.78 is 0. The van der Waals surface area contributed by atoms with E-state index in [9.17, 15) is 4.79 Å². The Kier molecular flexibility index (Phi) is 6.63. The van der Waals surface area contributed by atoms with Crippen molar-refractivity contribution in [3.05, 3.63) is 78.8 Å². The quantitative estimate of drug-likeness (QED) is 0.365. The van der Waals surface area contributed by atoms with Crippen molar-refractivity contribution in [2.75, 3.05) is 41.7 Å². The number of anilines is 3. The van der Waals surface area contributed by atoms with Gasteiger partial charge in [0.1, 0.15) is 17.8 Å². The number of H-pyrrole nitrogens is 1. The molecule has 180 valence electrons. The first kappa shape index (κ1) is 22.9. The van der Waals surface area contributed by atoms with Crippen LogP contribution < -0.4 is 15.5 Å². The number of carbonyl (C=O) groups is 1. The van der Waals surface area contributed by atoms with Gasteiger partial charge in [-0.3, -0.25) is 4.90 Å². The molecule has 8 nitrogen and oxygen atoms in total. The van der Waals surface area contributed by atoms with E-state index in [1.807, 2.05) is 54.7 Å². The van der Waals surface area contributed by atoms with Gasteiger partial charge in [-0.1, -0.05) is 44.2 Å². The number of benzene rings is 2. The van der Waals surface area contributed by atoms with E-state index in [0.717, 1.165) is 54.4 Å². The average Bonchev–Trinajstić information content (AvgIpc) is 3.34. The number of nitrogens with zero attached hydrogens (tertiary/aromatic N) is 4. The molecule has 2 amide bonds. The van der Waals surface area contributed by atoms with Gasteiger partial charge in [-0.15, -0.1) is 0 Å². The Morgan fingerprint density at radius 3 is 2.66 bits per heavy atom. The zero-order valence-corrected chi connectivity index (χ0v) is 20.1. The number of amides is 2. The molecule has 1 atom stereocenters. The fourth-order valence-electron chi connectivity index (χ4n) is 4.77. The molecule has 3 heterocycles. The van der Waals surface area contributed by atoms with Crippen molar-refractivity contribution in [2.45, 2.75) is 19.9 Å². The summed E-state index contributed by atoms with van der Waals surface area (Å²) in [7, 11) is 0. The Morgan fingerprint density at radius 1 is 1.03 bits per heavy atom. The maximum absolute atomic E-state index is 12.6. The lowest BCUT2D eigenvalue weighted by Crippen LogP contribution is -2.49. The number of hydrogen-bond acceptors (Lipinski definition) is 5. The molecule has 8 heteroatoms. The number of nitrogens with one attached hydrogen (secondary N) is 3. The smallest absolute Gasteiger partial charge is 0.323 e. The van der Waals surface area contributed by atoms with E-state index < -0.39 is 0 Å². The third-order valence-electron chi connectivity index (χ3n) is 6.28. The number of aromatic nitrogens is 3. The monoisotopic (exact) mass is 469 g/mol. The Balaban J connectivity index is 1.38. The van der Waals surface area contributed by atoms with Crippen LogP contribution in [0, 0.1) is 5.92 Å². The summed E-state index contributed by atoms with van der Waals surface area (Å²) in [5, 5.41) is 6.90. The van der Waals surface area contributed by atoms with Crippen molar-refractivity contribution in [1.29, 1.82) is 0 Å². The molecule has 2 aromatic carbocycles. The minimum atomic E-state index is -0.256. The molecule has 0 spiro atoms. The standard InChI is InChI=1S/C27H31N7O/c1-19(2)16-33-13-14-34(26-23-11-12-28-25(23)29-18-30-26)17-24(33)20-7-6-10-22(15-20)32-27(35)31-21-8-4-3-5-9-21/h3-12,15,18-19,24H,13-14,16-17H2,1-2H3,(H,28,29,30)(H2,31,32,35). The number of para-hydroxylation sites is 1. The zero-order valence-electron chi connectivity index (χ0n) is 20.1. The third kappa shape index (κ3) is 5.27. The molecule has 0 aliphatic carbocycles. The minimum Gasteiger partial charge on any atom is -0.353 e. The highest BCUT2D eigenvalue weighted by Gasteiger charge is 2.30. The van der Waals surface area contributed by atoms with Crippen LogP contribution in [0.3, 0.4) is 0 Å². The van der Waals surface area contributed by atoms with Crippen molar-refractivity contribution in [3.8, 4) is 0 Å². The Labute approximate surface area is 205 Å². The van der Waals surface area contributed by atoms with Crippen LogP contribution in [-0.4, -0.2) is 52.1 Å². The largest absolute Gasteiger partial charge is 0.353 e. The van der Waals surface area contributed by atoms with Crippen molar-refractivity contribution in [3.63, 3.8) is 0 Å². The summed E-state index contributed by atoms with van der Waals surface area (Å²) >= 11 is 0. The molecule has 4 aromatic rings. The predicted molar refractivity (Wildman–Crippen MR) is 141 cm³/mol. The molecular weight excluding hydrogens is 438 g/mol. The van der Waals surface area contributed by atoms with Gasteiger partial charge in [-0.2, -0.15) is 0 Å². The van der Waals surface area contributed by atoms with E-state index in [2.05, 4.69) is 61.4 Å². The van der Waals surface area contributed by atoms with Crippen LogP contribution in [0.25, 0.3) is 11.0 Å². The summed E-state index contributed by atoms with van der Waals surface area (Å²) in [4.78, 5) is 29.6. The molecule has 1 saturated heterocycles.